The number of amides is 1. The molecule has 2 heterocycles. The molecule has 154 valence electrons. The SMILES string of the molecule is Cc1nc2c(c(C)nn2C)c(C)c1CCC(=O)NC(CC(C)C)c1ccccc1. The summed E-state index contributed by atoms with van der Waals surface area (Å²) in [6, 6.07) is 10.3. The number of aromatic nitrogens is 3. The van der Waals surface area contributed by atoms with Gasteiger partial charge in [-0.15, -0.1) is 0 Å². The molecule has 1 aromatic carbocycles. The molecule has 5 nitrogen and oxygen atoms in total. The van der Waals surface area contributed by atoms with Crippen molar-refractivity contribution >= 4 is 16.9 Å². The minimum absolute atomic E-state index is 0.0482. The number of fused-ring (bicyclic) bond motifs is 1. The molecular formula is C24H32N4O. The summed E-state index contributed by atoms with van der Waals surface area (Å²) in [6.45, 7) is 10.5. The summed E-state index contributed by atoms with van der Waals surface area (Å²) in [7, 11) is 1.92. The van der Waals surface area contributed by atoms with Crippen molar-refractivity contribution in [3.8, 4) is 0 Å². The van der Waals surface area contributed by atoms with Crippen molar-refractivity contribution < 1.29 is 4.79 Å². The topological polar surface area (TPSA) is 59.8 Å². The predicted octanol–water partition coefficient (Wildman–Crippen LogP) is 4.73. The Bertz CT molecular complexity index is 1000. The summed E-state index contributed by atoms with van der Waals surface area (Å²) in [5.41, 5.74) is 6.38. The highest BCUT2D eigenvalue weighted by molar-refractivity contribution is 5.84. The fourth-order valence-electron chi connectivity index (χ4n) is 4.17. The Balaban J connectivity index is 1.75. The molecule has 0 spiro atoms. The van der Waals surface area contributed by atoms with Gasteiger partial charge in [0.1, 0.15) is 0 Å². The third kappa shape index (κ3) is 4.66. The molecule has 29 heavy (non-hydrogen) atoms. The van der Waals surface area contributed by atoms with Gasteiger partial charge in [-0.3, -0.25) is 9.48 Å². The molecule has 0 aliphatic heterocycles. The smallest absolute Gasteiger partial charge is 0.220 e. The van der Waals surface area contributed by atoms with Crippen LogP contribution in [0.2, 0.25) is 0 Å². The maximum absolute atomic E-state index is 12.8. The minimum Gasteiger partial charge on any atom is -0.349 e. The van der Waals surface area contributed by atoms with Crippen LogP contribution >= 0.6 is 0 Å². The van der Waals surface area contributed by atoms with Crippen LogP contribution < -0.4 is 5.32 Å². The molecule has 0 aliphatic carbocycles. The van der Waals surface area contributed by atoms with Crippen LogP contribution in [0.25, 0.3) is 11.0 Å². The van der Waals surface area contributed by atoms with E-state index in [1.807, 2.05) is 43.8 Å². The molecule has 1 unspecified atom stereocenters. The molecule has 1 atom stereocenters. The molecular weight excluding hydrogens is 360 g/mol. The van der Waals surface area contributed by atoms with Crippen molar-refractivity contribution in [2.24, 2.45) is 13.0 Å². The van der Waals surface area contributed by atoms with Crippen LogP contribution in [0, 0.1) is 26.7 Å². The first-order chi connectivity index (χ1) is 13.8. The number of rotatable bonds is 7. The zero-order valence-electron chi connectivity index (χ0n) is 18.4. The van der Waals surface area contributed by atoms with Crippen molar-refractivity contribution in [2.45, 2.75) is 59.9 Å². The minimum atomic E-state index is 0.0482. The molecule has 0 radical (unpaired) electrons. The lowest BCUT2D eigenvalue weighted by molar-refractivity contribution is -0.121. The average molecular weight is 393 g/mol. The standard InChI is InChI=1S/C24H32N4O/c1-15(2)14-21(19-10-8-7-9-11-19)26-22(29)13-12-20-16(3)23-18(5)27-28(6)24(23)25-17(20)4/h7-11,15,21H,12-14H2,1-6H3,(H,26,29). The van der Waals surface area contributed by atoms with Crippen LogP contribution in [0.1, 0.15) is 60.8 Å². The van der Waals surface area contributed by atoms with Crippen LogP contribution in [0.4, 0.5) is 0 Å². The summed E-state index contributed by atoms with van der Waals surface area (Å²) < 4.78 is 1.83. The number of benzene rings is 1. The molecule has 2 aromatic heterocycles. The third-order valence-electron chi connectivity index (χ3n) is 5.58. The van der Waals surface area contributed by atoms with Crippen LogP contribution in [0.15, 0.2) is 30.3 Å². The molecule has 3 rings (SSSR count). The Hall–Kier alpha value is -2.69. The van der Waals surface area contributed by atoms with E-state index in [1.165, 1.54) is 5.56 Å². The lowest BCUT2D eigenvalue weighted by atomic mass is 9.96. The molecule has 0 aliphatic rings. The molecule has 0 saturated carbocycles. The Morgan fingerprint density at radius 2 is 1.79 bits per heavy atom. The first kappa shape index (κ1) is 21.0. The maximum Gasteiger partial charge on any atom is 0.220 e. The van der Waals surface area contributed by atoms with Gasteiger partial charge in [-0.1, -0.05) is 44.2 Å². The zero-order valence-corrected chi connectivity index (χ0v) is 18.4. The number of nitrogens with zero attached hydrogens (tertiary/aromatic N) is 3. The van der Waals surface area contributed by atoms with Crippen LogP contribution in [-0.4, -0.2) is 20.7 Å². The van der Waals surface area contributed by atoms with Crippen LogP contribution in [0.5, 0.6) is 0 Å². The molecule has 5 heteroatoms. The van der Waals surface area contributed by atoms with Crippen molar-refractivity contribution in [3.63, 3.8) is 0 Å². The fourth-order valence-corrected chi connectivity index (χ4v) is 4.17. The largest absolute Gasteiger partial charge is 0.349 e. The van der Waals surface area contributed by atoms with Crippen LogP contribution in [0.3, 0.4) is 0 Å². The number of aryl methyl sites for hydroxylation is 4. The second kappa shape index (κ2) is 8.76. The Labute approximate surface area is 173 Å². The van der Waals surface area contributed by atoms with Gasteiger partial charge in [0.2, 0.25) is 5.91 Å². The number of pyridine rings is 1. The molecule has 1 N–H and O–H groups in total. The van der Waals surface area contributed by atoms with E-state index < -0.39 is 0 Å². The number of nitrogens with one attached hydrogen (secondary N) is 1. The van der Waals surface area contributed by atoms with Gasteiger partial charge in [0.05, 0.1) is 11.7 Å². The number of hydrogen-bond acceptors (Lipinski definition) is 3. The van der Waals surface area contributed by atoms with Crippen molar-refractivity contribution in [1.29, 1.82) is 0 Å². The molecule has 0 saturated heterocycles. The summed E-state index contributed by atoms with van der Waals surface area (Å²) in [5, 5.41) is 8.86. The number of hydrogen-bond donors (Lipinski definition) is 1. The van der Waals surface area contributed by atoms with Gasteiger partial charge in [0, 0.05) is 24.5 Å². The lowest BCUT2D eigenvalue weighted by Crippen LogP contribution is -2.29. The second-order valence-corrected chi connectivity index (χ2v) is 8.37. The molecule has 0 fully saturated rings. The van der Waals surface area contributed by atoms with E-state index >= 15 is 0 Å². The predicted molar refractivity (Wildman–Crippen MR) is 118 cm³/mol. The lowest BCUT2D eigenvalue weighted by Gasteiger charge is -2.21. The first-order valence-electron chi connectivity index (χ1n) is 10.4. The highest BCUT2D eigenvalue weighted by atomic mass is 16.1. The van der Waals surface area contributed by atoms with Gasteiger partial charge >= 0.3 is 0 Å². The monoisotopic (exact) mass is 392 g/mol. The van der Waals surface area contributed by atoms with E-state index in [0.29, 0.717) is 18.8 Å². The molecule has 1 amide bonds. The highest BCUT2D eigenvalue weighted by Gasteiger charge is 2.18. The molecule has 0 bridgehead atoms. The number of carbonyl (C=O) groups excluding carboxylic acids is 1. The quantitative estimate of drug-likeness (QED) is 0.632. The zero-order chi connectivity index (χ0) is 21.1. The van der Waals surface area contributed by atoms with E-state index in [1.54, 1.807) is 0 Å². The van der Waals surface area contributed by atoms with Gasteiger partial charge in [0.15, 0.2) is 5.65 Å². The third-order valence-corrected chi connectivity index (χ3v) is 5.58. The summed E-state index contributed by atoms with van der Waals surface area (Å²) in [5.74, 6) is 0.589. The van der Waals surface area contributed by atoms with E-state index in [4.69, 9.17) is 4.98 Å². The normalized spacial score (nSPS) is 12.5. The Kier molecular flexibility index (Phi) is 6.36. The van der Waals surface area contributed by atoms with Gasteiger partial charge in [-0.2, -0.15) is 5.10 Å². The van der Waals surface area contributed by atoms with Gasteiger partial charge in [0.25, 0.3) is 0 Å². The maximum atomic E-state index is 12.8. The van der Waals surface area contributed by atoms with Crippen LogP contribution in [-0.2, 0) is 18.3 Å². The van der Waals surface area contributed by atoms with Gasteiger partial charge in [-0.25, -0.2) is 4.98 Å². The van der Waals surface area contributed by atoms with E-state index in [9.17, 15) is 4.79 Å². The van der Waals surface area contributed by atoms with E-state index in [-0.39, 0.29) is 11.9 Å². The first-order valence-corrected chi connectivity index (χ1v) is 10.4. The summed E-state index contributed by atoms with van der Waals surface area (Å²) in [6.07, 6.45) is 2.07. The van der Waals surface area contributed by atoms with E-state index in [0.717, 1.165) is 40.0 Å². The summed E-state index contributed by atoms with van der Waals surface area (Å²) in [4.78, 5) is 17.5. The van der Waals surface area contributed by atoms with Crippen molar-refractivity contribution in [3.05, 3.63) is 58.4 Å². The average Bonchev–Trinajstić information content (AvgIpc) is 2.95. The highest BCUT2D eigenvalue weighted by Crippen LogP contribution is 2.26. The molecule has 3 aromatic rings. The van der Waals surface area contributed by atoms with E-state index in [2.05, 4.69) is 43.3 Å². The second-order valence-electron chi connectivity index (χ2n) is 8.37. The number of carbonyl (C=O) groups is 1. The summed E-state index contributed by atoms with van der Waals surface area (Å²) >= 11 is 0. The Morgan fingerprint density at radius 3 is 2.45 bits per heavy atom. The van der Waals surface area contributed by atoms with Gasteiger partial charge in [-0.05, 0) is 56.2 Å². The van der Waals surface area contributed by atoms with Gasteiger partial charge < -0.3 is 5.32 Å². The Morgan fingerprint density at radius 1 is 1.10 bits per heavy atom. The van der Waals surface area contributed by atoms with Crippen molar-refractivity contribution in [1.82, 2.24) is 20.1 Å². The van der Waals surface area contributed by atoms with Crippen molar-refractivity contribution in [2.75, 3.05) is 0 Å². The fraction of sp³-hybridized carbons (Fsp3) is 0.458.